The van der Waals surface area contributed by atoms with Crippen LogP contribution in [0.4, 0.5) is 4.39 Å². The molecule has 0 saturated carbocycles. The molecule has 0 atom stereocenters. The molecule has 2 nitrogen and oxygen atoms in total. The molecule has 2 rings (SSSR count). The summed E-state index contributed by atoms with van der Waals surface area (Å²) in [6.07, 6.45) is 0. The van der Waals surface area contributed by atoms with E-state index >= 15 is 0 Å². The molecular weight excluding hydrogens is 335 g/mol. The van der Waals surface area contributed by atoms with Crippen molar-refractivity contribution in [3.8, 4) is 5.75 Å². The lowest BCUT2D eigenvalue weighted by atomic mass is 10.0. The summed E-state index contributed by atoms with van der Waals surface area (Å²) < 4.78 is 19.6. The van der Waals surface area contributed by atoms with Gasteiger partial charge in [-0.2, -0.15) is 0 Å². The summed E-state index contributed by atoms with van der Waals surface area (Å²) >= 11 is 9.17. The van der Waals surface area contributed by atoms with E-state index in [0.29, 0.717) is 10.2 Å². The van der Waals surface area contributed by atoms with Gasteiger partial charge in [-0.15, -0.1) is 0 Å². The first-order valence-corrected chi connectivity index (χ1v) is 6.54. The second kappa shape index (κ2) is 5.72. The van der Waals surface area contributed by atoms with Crippen LogP contribution in [0.5, 0.6) is 5.75 Å². The first-order valence-electron chi connectivity index (χ1n) is 5.37. The van der Waals surface area contributed by atoms with E-state index in [-0.39, 0.29) is 16.1 Å². The lowest BCUT2D eigenvalue weighted by molar-refractivity contribution is 0.103. The zero-order valence-corrected chi connectivity index (χ0v) is 12.3. The second-order valence-electron chi connectivity index (χ2n) is 3.77. The molecular formula is C14H9BrClFO2. The van der Waals surface area contributed by atoms with Crippen molar-refractivity contribution in [3.05, 3.63) is 62.8 Å². The van der Waals surface area contributed by atoms with E-state index in [1.165, 1.54) is 25.3 Å². The first kappa shape index (κ1) is 14.0. The predicted octanol–water partition coefficient (Wildman–Crippen LogP) is 4.48. The average Bonchev–Trinajstić information content (AvgIpc) is 2.38. The third-order valence-electron chi connectivity index (χ3n) is 2.60. The molecule has 0 spiro atoms. The van der Waals surface area contributed by atoms with Gasteiger partial charge in [0.15, 0.2) is 0 Å². The lowest BCUT2D eigenvalue weighted by Crippen LogP contribution is -2.07. The van der Waals surface area contributed by atoms with Crippen LogP contribution in [0, 0.1) is 5.82 Å². The third kappa shape index (κ3) is 2.80. The minimum Gasteiger partial charge on any atom is -0.496 e. The highest BCUT2D eigenvalue weighted by Crippen LogP contribution is 2.29. The molecule has 0 saturated heterocycles. The van der Waals surface area contributed by atoms with Crippen LogP contribution in [-0.4, -0.2) is 12.9 Å². The molecule has 5 heteroatoms. The zero-order chi connectivity index (χ0) is 14.0. The number of carbonyl (C=O) groups excluding carboxylic acids is 1. The molecule has 98 valence electrons. The standard InChI is InChI=1S/C14H9BrClFO2/c1-19-12-6-5-8(15)7-9(12)14(18)13-10(16)3-2-4-11(13)17/h2-7H,1H3. The SMILES string of the molecule is COc1ccc(Br)cc1C(=O)c1c(F)cccc1Cl. The molecule has 0 aliphatic rings. The van der Waals surface area contributed by atoms with Crippen LogP contribution in [0.1, 0.15) is 15.9 Å². The normalized spacial score (nSPS) is 10.3. The number of benzene rings is 2. The van der Waals surface area contributed by atoms with Crippen LogP contribution in [0.3, 0.4) is 0 Å². The fourth-order valence-electron chi connectivity index (χ4n) is 1.71. The average molecular weight is 344 g/mol. The van der Waals surface area contributed by atoms with Crippen LogP contribution < -0.4 is 4.74 Å². The number of hydrogen-bond donors (Lipinski definition) is 0. The smallest absolute Gasteiger partial charge is 0.201 e. The Bertz CT molecular complexity index is 623. The number of ketones is 1. The molecule has 0 bridgehead atoms. The van der Waals surface area contributed by atoms with Crippen molar-refractivity contribution in [2.75, 3.05) is 7.11 Å². The largest absolute Gasteiger partial charge is 0.496 e. The summed E-state index contributed by atoms with van der Waals surface area (Å²) in [5, 5.41) is 0.0760. The molecule has 0 N–H and O–H groups in total. The molecule has 0 aromatic heterocycles. The Morgan fingerprint density at radius 2 is 2.05 bits per heavy atom. The van der Waals surface area contributed by atoms with Crippen LogP contribution >= 0.6 is 27.5 Å². The van der Waals surface area contributed by atoms with Gasteiger partial charge in [-0.05, 0) is 30.3 Å². The maximum Gasteiger partial charge on any atom is 0.201 e. The Morgan fingerprint density at radius 3 is 2.68 bits per heavy atom. The van der Waals surface area contributed by atoms with Gasteiger partial charge in [0, 0.05) is 4.47 Å². The molecule has 0 heterocycles. The van der Waals surface area contributed by atoms with Gasteiger partial charge in [0.25, 0.3) is 0 Å². The maximum atomic E-state index is 13.8. The van der Waals surface area contributed by atoms with Gasteiger partial charge in [-0.25, -0.2) is 4.39 Å². The van der Waals surface area contributed by atoms with Gasteiger partial charge >= 0.3 is 0 Å². The monoisotopic (exact) mass is 342 g/mol. The fourth-order valence-corrected chi connectivity index (χ4v) is 2.32. The lowest BCUT2D eigenvalue weighted by Gasteiger charge is -2.09. The van der Waals surface area contributed by atoms with Crippen molar-refractivity contribution in [3.63, 3.8) is 0 Å². The molecule has 0 aliphatic heterocycles. The molecule has 0 fully saturated rings. The van der Waals surface area contributed by atoms with E-state index in [1.54, 1.807) is 18.2 Å². The maximum absolute atomic E-state index is 13.8. The summed E-state index contributed by atoms with van der Waals surface area (Å²) in [7, 11) is 1.45. The number of carbonyl (C=O) groups is 1. The molecule has 0 radical (unpaired) electrons. The topological polar surface area (TPSA) is 26.3 Å². The predicted molar refractivity (Wildman–Crippen MR) is 75.5 cm³/mol. The Morgan fingerprint density at radius 1 is 1.32 bits per heavy atom. The van der Waals surface area contributed by atoms with E-state index in [0.717, 1.165) is 0 Å². The summed E-state index contributed by atoms with van der Waals surface area (Å²) in [5.41, 5.74) is 0.101. The Balaban J connectivity index is 2.59. The number of ether oxygens (including phenoxy) is 1. The van der Waals surface area contributed by atoms with Crippen molar-refractivity contribution in [1.82, 2.24) is 0 Å². The quantitative estimate of drug-likeness (QED) is 0.768. The highest BCUT2D eigenvalue weighted by molar-refractivity contribution is 9.10. The highest BCUT2D eigenvalue weighted by Gasteiger charge is 2.21. The second-order valence-corrected chi connectivity index (χ2v) is 5.09. The van der Waals surface area contributed by atoms with E-state index in [2.05, 4.69) is 15.9 Å². The van der Waals surface area contributed by atoms with Crippen molar-refractivity contribution in [2.45, 2.75) is 0 Å². The Labute approximate surface area is 123 Å². The zero-order valence-electron chi connectivity index (χ0n) is 9.91. The van der Waals surface area contributed by atoms with Gasteiger partial charge in [0.1, 0.15) is 11.6 Å². The van der Waals surface area contributed by atoms with Gasteiger partial charge in [-0.3, -0.25) is 4.79 Å². The summed E-state index contributed by atoms with van der Waals surface area (Å²) in [5.74, 6) is -0.798. The number of rotatable bonds is 3. The van der Waals surface area contributed by atoms with Crippen molar-refractivity contribution < 1.29 is 13.9 Å². The molecule has 2 aromatic carbocycles. The number of hydrogen-bond acceptors (Lipinski definition) is 2. The van der Waals surface area contributed by atoms with E-state index in [4.69, 9.17) is 16.3 Å². The minimum atomic E-state index is -0.653. The van der Waals surface area contributed by atoms with E-state index in [1.807, 2.05) is 0 Å². The van der Waals surface area contributed by atoms with E-state index < -0.39 is 11.6 Å². The molecule has 0 amide bonds. The fraction of sp³-hybridized carbons (Fsp3) is 0.0714. The molecule has 0 aliphatic carbocycles. The van der Waals surface area contributed by atoms with Gasteiger partial charge in [-0.1, -0.05) is 33.6 Å². The van der Waals surface area contributed by atoms with Crippen LogP contribution in [0.15, 0.2) is 40.9 Å². The first-order chi connectivity index (χ1) is 9.04. The van der Waals surface area contributed by atoms with Crippen molar-refractivity contribution in [2.24, 2.45) is 0 Å². The van der Waals surface area contributed by atoms with Gasteiger partial charge < -0.3 is 4.74 Å². The number of halogens is 3. The summed E-state index contributed by atoms with van der Waals surface area (Å²) in [4.78, 5) is 12.4. The van der Waals surface area contributed by atoms with Crippen LogP contribution in [0.2, 0.25) is 5.02 Å². The van der Waals surface area contributed by atoms with Gasteiger partial charge in [0.2, 0.25) is 5.78 Å². The minimum absolute atomic E-state index is 0.0760. The van der Waals surface area contributed by atoms with E-state index in [9.17, 15) is 9.18 Å². The van der Waals surface area contributed by atoms with Gasteiger partial charge in [0.05, 0.1) is 23.3 Å². The Kier molecular flexibility index (Phi) is 4.22. The van der Waals surface area contributed by atoms with Crippen molar-refractivity contribution >= 4 is 33.3 Å². The van der Waals surface area contributed by atoms with Crippen LogP contribution in [-0.2, 0) is 0 Å². The number of methoxy groups -OCH3 is 1. The summed E-state index contributed by atoms with van der Waals surface area (Å²) in [6.45, 7) is 0. The molecule has 2 aromatic rings. The Hall–Kier alpha value is -1.39. The summed E-state index contributed by atoms with van der Waals surface area (Å²) in [6, 6.07) is 9.06. The third-order valence-corrected chi connectivity index (χ3v) is 3.40. The van der Waals surface area contributed by atoms with Crippen LogP contribution in [0.25, 0.3) is 0 Å². The van der Waals surface area contributed by atoms with Crippen molar-refractivity contribution in [1.29, 1.82) is 0 Å². The highest BCUT2D eigenvalue weighted by atomic mass is 79.9. The molecule has 19 heavy (non-hydrogen) atoms. The molecule has 0 unspecified atom stereocenters.